The highest BCUT2D eigenvalue weighted by Gasteiger charge is 2.16. The van der Waals surface area contributed by atoms with Crippen LogP contribution >= 0.6 is 11.3 Å². The van der Waals surface area contributed by atoms with Gasteiger partial charge in [0.2, 0.25) is 0 Å². The molecule has 3 aromatic rings. The predicted molar refractivity (Wildman–Crippen MR) is 100 cm³/mol. The maximum absolute atomic E-state index is 12.5. The van der Waals surface area contributed by atoms with Crippen molar-refractivity contribution in [3.8, 4) is 17.0 Å². The summed E-state index contributed by atoms with van der Waals surface area (Å²) in [6.45, 7) is 2.39. The molecule has 0 amide bonds. The zero-order chi connectivity index (χ0) is 17.9. The van der Waals surface area contributed by atoms with E-state index in [2.05, 4.69) is 9.71 Å². The third-order valence-electron chi connectivity index (χ3n) is 3.35. The van der Waals surface area contributed by atoms with Crippen LogP contribution in [0.2, 0.25) is 0 Å². The van der Waals surface area contributed by atoms with Gasteiger partial charge in [0, 0.05) is 16.6 Å². The molecule has 0 saturated carbocycles. The van der Waals surface area contributed by atoms with Crippen LogP contribution in [0.15, 0.2) is 58.8 Å². The standard InChI is InChI=1S/C17H17N3O3S2/c1-2-23-14-6-8-15(9-7-14)25(21,22)20-17-19-16(11-24-17)12-4-3-5-13(18)10-12/h3-11H,2,18H2,1H3,(H,19,20). The Kier molecular flexibility index (Phi) is 4.91. The van der Waals surface area contributed by atoms with Crippen molar-refractivity contribution in [1.82, 2.24) is 4.98 Å². The molecule has 0 aliphatic heterocycles. The minimum absolute atomic E-state index is 0.150. The monoisotopic (exact) mass is 375 g/mol. The Labute approximate surface area is 150 Å². The molecule has 0 aliphatic rings. The summed E-state index contributed by atoms with van der Waals surface area (Å²) in [6, 6.07) is 13.5. The molecule has 0 saturated heterocycles. The number of nitrogens with two attached hydrogens (primary N) is 1. The molecular weight excluding hydrogens is 358 g/mol. The highest BCUT2D eigenvalue weighted by atomic mass is 32.2. The van der Waals surface area contributed by atoms with Crippen LogP contribution in [0.5, 0.6) is 5.75 Å². The number of nitrogens with one attached hydrogen (secondary N) is 1. The van der Waals surface area contributed by atoms with Crippen LogP contribution in [0, 0.1) is 0 Å². The third-order valence-corrected chi connectivity index (χ3v) is 5.60. The number of sulfonamides is 1. The van der Waals surface area contributed by atoms with Gasteiger partial charge >= 0.3 is 0 Å². The third kappa shape index (κ3) is 4.09. The number of hydrogen-bond donors (Lipinski definition) is 2. The number of aromatic nitrogens is 1. The molecule has 6 nitrogen and oxygen atoms in total. The lowest BCUT2D eigenvalue weighted by Gasteiger charge is -2.07. The summed E-state index contributed by atoms with van der Waals surface area (Å²) < 4.78 is 32.7. The molecule has 3 rings (SSSR count). The van der Waals surface area contributed by atoms with Crippen molar-refractivity contribution < 1.29 is 13.2 Å². The largest absolute Gasteiger partial charge is 0.494 e. The minimum Gasteiger partial charge on any atom is -0.494 e. The van der Waals surface area contributed by atoms with E-state index in [9.17, 15) is 8.42 Å². The molecule has 130 valence electrons. The van der Waals surface area contributed by atoms with Crippen molar-refractivity contribution in [3.05, 3.63) is 53.9 Å². The molecule has 2 aromatic carbocycles. The molecule has 0 unspecified atom stereocenters. The summed E-state index contributed by atoms with van der Waals surface area (Å²) in [7, 11) is -3.70. The molecule has 0 spiro atoms. The van der Waals surface area contributed by atoms with Crippen LogP contribution in [-0.4, -0.2) is 20.0 Å². The molecule has 0 atom stereocenters. The van der Waals surface area contributed by atoms with Gasteiger partial charge in [0.15, 0.2) is 5.13 Å². The first-order valence-electron chi connectivity index (χ1n) is 7.55. The summed E-state index contributed by atoms with van der Waals surface area (Å²) in [5.74, 6) is 0.625. The van der Waals surface area contributed by atoms with E-state index in [1.54, 1.807) is 29.6 Å². The molecule has 0 fully saturated rings. The van der Waals surface area contributed by atoms with Crippen LogP contribution in [0.4, 0.5) is 10.8 Å². The Balaban J connectivity index is 1.79. The van der Waals surface area contributed by atoms with Crippen LogP contribution in [-0.2, 0) is 10.0 Å². The number of nitrogen functional groups attached to an aromatic ring is 1. The van der Waals surface area contributed by atoms with Crippen LogP contribution in [0.25, 0.3) is 11.3 Å². The van der Waals surface area contributed by atoms with E-state index in [0.29, 0.717) is 28.9 Å². The van der Waals surface area contributed by atoms with Gasteiger partial charge in [-0.25, -0.2) is 13.4 Å². The van der Waals surface area contributed by atoms with Crippen molar-refractivity contribution in [2.24, 2.45) is 0 Å². The van der Waals surface area contributed by atoms with Crippen molar-refractivity contribution in [1.29, 1.82) is 0 Å². The summed E-state index contributed by atoms with van der Waals surface area (Å²) in [4.78, 5) is 4.48. The quantitative estimate of drug-likeness (QED) is 0.642. The highest BCUT2D eigenvalue weighted by molar-refractivity contribution is 7.93. The minimum atomic E-state index is -3.70. The summed E-state index contributed by atoms with van der Waals surface area (Å²) >= 11 is 1.22. The molecule has 0 bridgehead atoms. The summed E-state index contributed by atoms with van der Waals surface area (Å²) in [6.07, 6.45) is 0. The van der Waals surface area contributed by atoms with Gasteiger partial charge in [-0.2, -0.15) is 0 Å². The van der Waals surface area contributed by atoms with Gasteiger partial charge in [0.1, 0.15) is 5.75 Å². The van der Waals surface area contributed by atoms with Gasteiger partial charge in [-0.1, -0.05) is 12.1 Å². The highest BCUT2D eigenvalue weighted by Crippen LogP contribution is 2.28. The van der Waals surface area contributed by atoms with Crippen molar-refractivity contribution in [2.75, 3.05) is 17.1 Å². The fraction of sp³-hybridized carbons (Fsp3) is 0.118. The van der Waals surface area contributed by atoms with E-state index in [1.807, 2.05) is 19.1 Å². The number of nitrogens with zero attached hydrogens (tertiary/aromatic N) is 1. The SMILES string of the molecule is CCOc1ccc(S(=O)(=O)Nc2nc(-c3cccc(N)c3)cs2)cc1. The first-order valence-corrected chi connectivity index (χ1v) is 9.91. The summed E-state index contributed by atoms with van der Waals surface area (Å²) in [5, 5.41) is 2.08. The zero-order valence-corrected chi connectivity index (χ0v) is 15.1. The molecule has 3 N–H and O–H groups in total. The lowest BCUT2D eigenvalue weighted by Crippen LogP contribution is -2.12. The topological polar surface area (TPSA) is 94.3 Å². The second-order valence-corrected chi connectivity index (χ2v) is 7.71. The van der Waals surface area contributed by atoms with Gasteiger partial charge in [0.25, 0.3) is 10.0 Å². The average Bonchev–Trinajstić information content (AvgIpc) is 3.03. The lowest BCUT2D eigenvalue weighted by molar-refractivity contribution is 0.340. The normalized spacial score (nSPS) is 11.2. The van der Waals surface area contributed by atoms with Crippen molar-refractivity contribution in [3.63, 3.8) is 0 Å². The van der Waals surface area contributed by atoms with E-state index < -0.39 is 10.0 Å². The second-order valence-electron chi connectivity index (χ2n) is 5.17. The number of anilines is 2. The Hall–Kier alpha value is -2.58. The smallest absolute Gasteiger partial charge is 0.263 e. The number of benzene rings is 2. The summed E-state index contributed by atoms with van der Waals surface area (Å²) in [5.41, 5.74) is 7.90. The first-order chi connectivity index (χ1) is 12.0. The second kappa shape index (κ2) is 7.12. The molecular formula is C17H17N3O3S2. The van der Waals surface area contributed by atoms with Crippen molar-refractivity contribution in [2.45, 2.75) is 11.8 Å². The maximum Gasteiger partial charge on any atom is 0.263 e. The fourth-order valence-corrected chi connectivity index (χ4v) is 4.18. The predicted octanol–water partition coefficient (Wildman–Crippen LogP) is 3.59. The molecule has 0 aliphatic carbocycles. The molecule has 25 heavy (non-hydrogen) atoms. The van der Waals surface area contributed by atoms with E-state index in [-0.39, 0.29) is 4.90 Å². The Bertz CT molecular complexity index is 967. The van der Waals surface area contributed by atoms with Crippen LogP contribution in [0.3, 0.4) is 0 Å². The Morgan fingerprint density at radius 2 is 1.96 bits per heavy atom. The van der Waals surface area contributed by atoms with Gasteiger partial charge in [-0.15, -0.1) is 11.3 Å². The van der Waals surface area contributed by atoms with Gasteiger partial charge in [0.05, 0.1) is 17.2 Å². The van der Waals surface area contributed by atoms with Crippen LogP contribution in [0.1, 0.15) is 6.92 Å². The average molecular weight is 375 g/mol. The van der Waals surface area contributed by atoms with E-state index in [1.165, 1.54) is 23.5 Å². The zero-order valence-electron chi connectivity index (χ0n) is 13.5. The molecule has 1 aromatic heterocycles. The number of thiazole rings is 1. The molecule has 1 heterocycles. The van der Waals surface area contributed by atoms with E-state index in [0.717, 1.165) is 5.56 Å². The van der Waals surface area contributed by atoms with Gasteiger partial charge in [-0.3, -0.25) is 4.72 Å². The van der Waals surface area contributed by atoms with Crippen molar-refractivity contribution >= 4 is 32.2 Å². The molecule has 0 radical (unpaired) electrons. The fourth-order valence-electron chi connectivity index (χ4n) is 2.21. The van der Waals surface area contributed by atoms with Gasteiger partial charge in [-0.05, 0) is 43.3 Å². The van der Waals surface area contributed by atoms with Crippen LogP contribution < -0.4 is 15.2 Å². The maximum atomic E-state index is 12.5. The number of rotatable bonds is 6. The first kappa shape index (κ1) is 17.2. The Morgan fingerprint density at radius 3 is 2.64 bits per heavy atom. The number of hydrogen-bond acceptors (Lipinski definition) is 6. The number of ether oxygens (including phenoxy) is 1. The Morgan fingerprint density at radius 1 is 1.20 bits per heavy atom. The van der Waals surface area contributed by atoms with Gasteiger partial charge < -0.3 is 10.5 Å². The lowest BCUT2D eigenvalue weighted by atomic mass is 10.1. The van der Waals surface area contributed by atoms with E-state index in [4.69, 9.17) is 10.5 Å². The molecule has 8 heteroatoms. The van der Waals surface area contributed by atoms with E-state index >= 15 is 0 Å².